The fourth-order valence-corrected chi connectivity index (χ4v) is 1.52. The minimum atomic E-state index is -0.766. The van der Waals surface area contributed by atoms with Crippen LogP contribution in [0.1, 0.15) is 17.2 Å². The van der Waals surface area contributed by atoms with Crippen molar-refractivity contribution in [3.63, 3.8) is 0 Å². The van der Waals surface area contributed by atoms with E-state index in [4.69, 9.17) is 4.74 Å². The Hall–Kier alpha value is -1.94. The first-order valence-electron chi connectivity index (χ1n) is 4.89. The molecule has 0 aliphatic rings. The highest BCUT2D eigenvalue weighted by molar-refractivity contribution is 5.38. The van der Waals surface area contributed by atoms with Crippen LogP contribution in [0.4, 0.5) is 0 Å². The quantitative estimate of drug-likeness (QED) is 0.846. The summed E-state index contributed by atoms with van der Waals surface area (Å²) in [5.41, 5.74) is 1.35. The molecule has 1 aromatic heterocycles. The van der Waals surface area contributed by atoms with Gasteiger partial charge in [-0.3, -0.25) is 0 Å². The van der Waals surface area contributed by atoms with E-state index in [1.54, 1.807) is 19.5 Å². The summed E-state index contributed by atoms with van der Waals surface area (Å²) < 4.78 is 5.19. The molecule has 1 N–H and O–H groups in total. The second-order valence-corrected chi connectivity index (χ2v) is 3.32. The van der Waals surface area contributed by atoms with Gasteiger partial charge in [-0.15, -0.1) is 0 Å². The second-order valence-electron chi connectivity index (χ2n) is 3.32. The second kappa shape index (κ2) is 4.72. The largest absolute Gasteiger partial charge is 0.496 e. The van der Waals surface area contributed by atoms with Gasteiger partial charge in [0.25, 0.3) is 0 Å². The number of methoxy groups -OCH3 is 1. The van der Waals surface area contributed by atoms with E-state index < -0.39 is 6.10 Å². The van der Waals surface area contributed by atoms with Gasteiger partial charge in [-0.25, -0.2) is 9.97 Å². The third-order valence-electron chi connectivity index (χ3n) is 2.33. The van der Waals surface area contributed by atoms with Crippen LogP contribution in [0.25, 0.3) is 0 Å². The Morgan fingerprint density at radius 2 is 1.88 bits per heavy atom. The first kappa shape index (κ1) is 10.6. The molecule has 4 heteroatoms. The number of aliphatic hydroxyl groups is 1. The smallest absolute Gasteiger partial charge is 0.125 e. The van der Waals surface area contributed by atoms with Gasteiger partial charge in [-0.05, 0) is 6.07 Å². The summed E-state index contributed by atoms with van der Waals surface area (Å²) >= 11 is 0. The van der Waals surface area contributed by atoms with Gasteiger partial charge in [0.2, 0.25) is 0 Å². The Morgan fingerprint density at radius 3 is 2.56 bits per heavy atom. The molecule has 0 spiro atoms. The lowest BCUT2D eigenvalue weighted by atomic mass is 10.0. The first-order chi connectivity index (χ1) is 7.83. The van der Waals surface area contributed by atoms with Gasteiger partial charge in [0, 0.05) is 23.5 Å². The normalized spacial score (nSPS) is 12.1. The number of nitrogens with zero attached hydrogens (tertiary/aromatic N) is 2. The van der Waals surface area contributed by atoms with Crippen molar-refractivity contribution in [1.82, 2.24) is 9.97 Å². The minimum absolute atomic E-state index is 0.645. The maximum atomic E-state index is 10.1. The van der Waals surface area contributed by atoms with Crippen LogP contribution >= 0.6 is 0 Å². The molecule has 0 aliphatic heterocycles. The number of ether oxygens (including phenoxy) is 1. The molecular formula is C12H12N2O2. The maximum Gasteiger partial charge on any atom is 0.125 e. The minimum Gasteiger partial charge on any atom is -0.496 e. The Morgan fingerprint density at radius 1 is 1.19 bits per heavy atom. The van der Waals surface area contributed by atoms with Crippen LogP contribution < -0.4 is 4.74 Å². The topological polar surface area (TPSA) is 55.2 Å². The molecule has 82 valence electrons. The van der Waals surface area contributed by atoms with Crippen molar-refractivity contribution >= 4 is 0 Å². The van der Waals surface area contributed by atoms with E-state index in [9.17, 15) is 5.11 Å². The van der Waals surface area contributed by atoms with Gasteiger partial charge >= 0.3 is 0 Å². The number of aromatic nitrogens is 2. The lowest BCUT2D eigenvalue weighted by molar-refractivity contribution is 0.214. The monoisotopic (exact) mass is 216 g/mol. The number of hydrogen-bond acceptors (Lipinski definition) is 4. The van der Waals surface area contributed by atoms with Crippen LogP contribution in [0.3, 0.4) is 0 Å². The molecule has 2 rings (SSSR count). The van der Waals surface area contributed by atoms with Gasteiger partial charge < -0.3 is 9.84 Å². The predicted molar refractivity (Wildman–Crippen MR) is 59.1 cm³/mol. The summed E-state index contributed by atoms with van der Waals surface area (Å²) in [6.45, 7) is 0. The molecule has 0 amide bonds. The van der Waals surface area contributed by atoms with Crippen LogP contribution in [0.2, 0.25) is 0 Å². The van der Waals surface area contributed by atoms with Crippen LogP contribution in [-0.4, -0.2) is 22.2 Å². The van der Waals surface area contributed by atoms with E-state index in [1.165, 1.54) is 6.33 Å². The molecule has 1 heterocycles. The molecule has 1 unspecified atom stereocenters. The highest BCUT2D eigenvalue weighted by Gasteiger charge is 2.14. The first-order valence-corrected chi connectivity index (χ1v) is 4.89. The molecule has 4 nitrogen and oxygen atoms in total. The van der Waals surface area contributed by atoms with Crippen molar-refractivity contribution in [1.29, 1.82) is 0 Å². The van der Waals surface area contributed by atoms with Crippen LogP contribution in [0, 0.1) is 0 Å². The predicted octanol–water partition coefficient (Wildman–Crippen LogP) is 1.57. The lowest BCUT2D eigenvalue weighted by Crippen LogP contribution is -2.03. The van der Waals surface area contributed by atoms with E-state index in [0.29, 0.717) is 16.9 Å². The lowest BCUT2D eigenvalue weighted by Gasteiger charge is -2.13. The summed E-state index contributed by atoms with van der Waals surface area (Å²) in [4.78, 5) is 7.75. The molecule has 16 heavy (non-hydrogen) atoms. The summed E-state index contributed by atoms with van der Waals surface area (Å²) in [5, 5.41) is 10.1. The van der Waals surface area contributed by atoms with Crippen molar-refractivity contribution in [2.75, 3.05) is 7.11 Å². The van der Waals surface area contributed by atoms with Gasteiger partial charge in [0.15, 0.2) is 0 Å². The van der Waals surface area contributed by atoms with Gasteiger partial charge in [-0.2, -0.15) is 0 Å². The molecule has 0 fully saturated rings. The van der Waals surface area contributed by atoms with Crippen molar-refractivity contribution < 1.29 is 9.84 Å². The number of hydrogen-bond donors (Lipinski definition) is 1. The third-order valence-corrected chi connectivity index (χ3v) is 2.33. The van der Waals surface area contributed by atoms with Crippen molar-refractivity contribution in [3.05, 3.63) is 54.1 Å². The number of rotatable bonds is 3. The van der Waals surface area contributed by atoms with Crippen molar-refractivity contribution in [2.24, 2.45) is 0 Å². The van der Waals surface area contributed by atoms with Gasteiger partial charge in [0.05, 0.1) is 7.11 Å². The molecule has 0 aliphatic carbocycles. The summed E-state index contributed by atoms with van der Waals surface area (Å²) in [7, 11) is 1.58. The van der Waals surface area contributed by atoms with Gasteiger partial charge in [-0.1, -0.05) is 18.2 Å². The SMILES string of the molecule is COc1ccccc1C(O)c1cncnc1. The zero-order valence-corrected chi connectivity index (χ0v) is 8.87. The highest BCUT2D eigenvalue weighted by Crippen LogP contribution is 2.28. The molecule has 0 bridgehead atoms. The summed E-state index contributed by atoms with van der Waals surface area (Å²) in [6.07, 6.45) is 3.84. The fraction of sp³-hybridized carbons (Fsp3) is 0.167. The number of benzene rings is 1. The molecule has 0 saturated heterocycles. The standard InChI is InChI=1S/C12H12N2O2/c1-16-11-5-3-2-4-10(11)12(15)9-6-13-8-14-7-9/h2-8,12,15H,1H3. The Balaban J connectivity index is 2.37. The summed E-state index contributed by atoms with van der Waals surface area (Å²) in [5.74, 6) is 0.652. The van der Waals surface area contributed by atoms with E-state index in [0.717, 1.165) is 0 Å². The highest BCUT2D eigenvalue weighted by atomic mass is 16.5. The molecule has 2 aromatic rings. The molecule has 1 aromatic carbocycles. The van der Waals surface area contributed by atoms with Crippen LogP contribution in [-0.2, 0) is 0 Å². The average molecular weight is 216 g/mol. The van der Waals surface area contributed by atoms with Crippen LogP contribution in [0.5, 0.6) is 5.75 Å². The molecule has 0 radical (unpaired) electrons. The van der Waals surface area contributed by atoms with Crippen molar-refractivity contribution in [3.8, 4) is 5.75 Å². The maximum absolute atomic E-state index is 10.1. The van der Waals surface area contributed by atoms with Crippen molar-refractivity contribution in [2.45, 2.75) is 6.10 Å². The number of aliphatic hydroxyl groups excluding tert-OH is 1. The van der Waals surface area contributed by atoms with E-state index in [1.807, 2.05) is 24.3 Å². The Bertz CT molecular complexity index is 460. The molecule has 1 atom stereocenters. The zero-order valence-electron chi connectivity index (χ0n) is 8.87. The number of para-hydroxylation sites is 1. The molecule has 0 saturated carbocycles. The zero-order chi connectivity index (χ0) is 11.4. The average Bonchev–Trinajstić information content (AvgIpc) is 2.39. The Labute approximate surface area is 93.6 Å². The van der Waals surface area contributed by atoms with E-state index in [2.05, 4.69) is 9.97 Å². The third kappa shape index (κ3) is 2.01. The fourth-order valence-electron chi connectivity index (χ4n) is 1.52. The Kier molecular flexibility index (Phi) is 3.12. The van der Waals surface area contributed by atoms with E-state index in [-0.39, 0.29) is 0 Å². The van der Waals surface area contributed by atoms with Gasteiger partial charge in [0.1, 0.15) is 18.2 Å². The summed E-state index contributed by atoms with van der Waals surface area (Å²) in [6, 6.07) is 7.33. The van der Waals surface area contributed by atoms with E-state index >= 15 is 0 Å². The molecular weight excluding hydrogens is 204 g/mol. The van der Waals surface area contributed by atoms with Crippen LogP contribution in [0.15, 0.2) is 43.0 Å².